The van der Waals surface area contributed by atoms with Crippen molar-refractivity contribution in [3.63, 3.8) is 0 Å². The molecule has 5 nitrogen and oxygen atoms in total. The summed E-state index contributed by atoms with van der Waals surface area (Å²) in [6.45, 7) is 0.441. The predicted octanol–water partition coefficient (Wildman–Crippen LogP) is 0.584. The maximum Gasteiger partial charge on any atom is 0.316 e. The number of nitrogens with one attached hydrogen (secondary N) is 1. The second-order valence-electron chi connectivity index (χ2n) is 3.58. The first-order valence-corrected chi connectivity index (χ1v) is 4.72. The Hall–Kier alpha value is -1.78. The number of carbonyl (C=O) groups excluding carboxylic acids is 1. The Morgan fingerprint density at radius 2 is 2.40 bits per heavy atom. The van der Waals surface area contributed by atoms with Gasteiger partial charge in [-0.3, -0.25) is 9.59 Å². The minimum atomic E-state index is -1.08. The third kappa shape index (κ3) is 1.86. The van der Waals surface area contributed by atoms with Crippen LogP contribution in [0.5, 0.6) is 0 Å². The Morgan fingerprint density at radius 3 is 3.00 bits per heavy atom. The van der Waals surface area contributed by atoms with Gasteiger partial charge in [-0.05, 0) is 18.6 Å². The van der Waals surface area contributed by atoms with E-state index in [1.807, 2.05) is 0 Å². The van der Waals surface area contributed by atoms with E-state index in [0.717, 1.165) is 5.76 Å². The SMILES string of the molecule is O=C(O)[C@H]1C[C@@H](c2ccco2)CNC1=O. The number of piperidine rings is 1. The molecule has 1 aromatic heterocycles. The van der Waals surface area contributed by atoms with E-state index in [0.29, 0.717) is 13.0 Å². The van der Waals surface area contributed by atoms with Crippen LogP contribution in [0.15, 0.2) is 22.8 Å². The van der Waals surface area contributed by atoms with E-state index in [9.17, 15) is 9.59 Å². The Bertz CT molecular complexity index is 371. The summed E-state index contributed by atoms with van der Waals surface area (Å²) in [5.41, 5.74) is 0. The van der Waals surface area contributed by atoms with Crippen molar-refractivity contribution >= 4 is 11.9 Å². The van der Waals surface area contributed by atoms with Crippen molar-refractivity contribution in [1.29, 1.82) is 0 Å². The fourth-order valence-electron chi connectivity index (χ4n) is 1.78. The summed E-state index contributed by atoms with van der Waals surface area (Å²) >= 11 is 0. The molecule has 5 heteroatoms. The highest BCUT2D eigenvalue weighted by Gasteiger charge is 2.35. The van der Waals surface area contributed by atoms with Crippen molar-refractivity contribution < 1.29 is 19.1 Å². The van der Waals surface area contributed by atoms with Gasteiger partial charge in [0.2, 0.25) is 5.91 Å². The highest BCUT2D eigenvalue weighted by atomic mass is 16.4. The van der Waals surface area contributed by atoms with Gasteiger partial charge in [-0.25, -0.2) is 0 Å². The number of carboxylic acids is 1. The summed E-state index contributed by atoms with van der Waals surface area (Å²) in [6, 6.07) is 3.54. The molecule has 2 rings (SSSR count). The van der Waals surface area contributed by atoms with Crippen LogP contribution in [0.25, 0.3) is 0 Å². The first-order valence-electron chi connectivity index (χ1n) is 4.72. The van der Waals surface area contributed by atoms with Gasteiger partial charge in [0.15, 0.2) is 0 Å². The van der Waals surface area contributed by atoms with Crippen molar-refractivity contribution in [2.75, 3.05) is 6.54 Å². The standard InChI is InChI=1S/C10H11NO4/c12-9-7(10(13)14)4-6(5-11-9)8-2-1-3-15-8/h1-3,6-7H,4-5H2,(H,11,12)(H,13,14)/t6-,7+/m1/s1. The first kappa shape index (κ1) is 9.76. The third-order valence-electron chi connectivity index (χ3n) is 2.60. The number of furan rings is 1. The highest BCUT2D eigenvalue weighted by molar-refractivity contribution is 5.97. The quantitative estimate of drug-likeness (QED) is 0.698. The van der Waals surface area contributed by atoms with Crippen molar-refractivity contribution in [2.24, 2.45) is 5.92 Å². The summed E-state index contributed by atoms with van der Waals surface area (Å²) in [5.74, 6) is -1.78. The monoisotopic (exact) mass is 209 g/mol. The molecule has 0 aromatic carbocycles. The van der Waals surface area contributed by atoms with E-state index >= 15 is 0 Å². The van der Waals surface area contributed by atoms with Gasteiger partial charge < -0.3 is 14.8 Å². The molecule has 2 N–H and O–H groups in total. The van der Waals surface area contributed by atoms with Crippen LogP contribution in [0.4, 0.5) is 0 Å². The van der Waals surface area contributed by atoms with Gasteiger partial charge in [-0.1, -0.05) is 0 Å². The molecule has 0 aliphatic carbocycles. The Balaban J connectivity index is 2.12. The zero-order valence-electron chi connectivity index (χ0n) is 7.97. The molecule has 0 spiro atoms. The van der Waals surface area contributed by atoms with Gasteiger partial charge in [0.1, 0.15) is 11.7 Å². The van der Waals surface area contributed by atoms with E-state index in [4.69, 9.17) is 9.52 Å². The van der Waals surface area contributed by atoms with Crippen molar-refractivity contribution in [3.05, 3.63) is 24.2 Å². The molecule has 1 saturated heterocycles. The van der Waals surface area contributed by atoms with E-state index in [-0.39, 0.29) is 5.92 Å². The second kappa shape index (κ2) is 3.76. The summed E-state index contributed by atoms with van der Waals surface area (Å²) in [6.07, 6.45) is 1.84. The smallest absolute Gasteiger partial charge is 0.316 e. The van der Waals surface area contributed by atoms with Crippen LogP contribution in [0, 0.1) is 5.92 Å². The number of aliphatic carboxylic acids is 1. The molecule has 1 amide bonds. The molecule has 2 atom stereocenters. The lowest BCUT2D eigenvalue weighted by atomic mass is 9.88. The van der Waals surface area contributed by atoms with Crippen molar-refractivity contribution in [1.82, 2.24) is 5.32 Å². The number of hydrogen-bond donors (Lipinski definition) is 2. The van der Waals surface area contributed by atoms with Crippen LogP contribution in [-0.2, 0) is 9.59 Å². The predicted molar refractivity (Wildman–Crippen MR) is 50.2 cm³/mol. The normalized spacial score (nSPS) is 26.0. The number of carboxylic acid groups (broad SMARTS) is 1. The zero-order valence-corrected chi connectivity index (χ0v) is 7.97. The largest absolute Gasteiger partial charge is 0.481 e. The van der Waals surface area contributed by atoms with Crippen LogP contribution in [0.3, 0.4) is 0 Å². The summed E-state index contributed by atoms with van der Waals surface area (Å²) < 4.78 is 5.19. The lowest BCUT2D eigenvalue weighted by Gasteiger charge is -2.25. The summed E-state index contributed by atoms with van der Waals surface area (Å²) in [5, 5.41) is 11.4. The maximum absolute atomic E-state index is 11.2. The van der Waals surface area contributed by atoms with Gasteiger partial charge in [0.25, 0.3) is 0 Å². The molecule has 0 saturated carbocycles. The number of rotatable bonds is 2. The van der Waals surface area contributed by atoms with E-state index < -0.39 is 17.8 Å². The average Bonchev–Trinajstić information content (AvgIpc) is 2.71. The first-order chi connectivity index (χ1) is 7.18. The minimum Gasteiger partial charge on any atom is -0.481 e. The van der Waals surface area contributed by atoms with Crippen LogP contribution >= 0.6 is 0 Å². The molecule has 0 radical (unpaired) electrons. The number of amides is 1. The van der Waals surface area contributed by atoms with Crippen LogP contribution < -0.4 is 5.32 Å². The Kier molecular flexibility index (Phi) is 2.45. The molecule has 1 aromatic rings. The summed E-state index contributed by atoms with van der Waals surface area (Å²) in [7, 11) is 0. The second-order valence-corrected chi connectivity index (χ2v) is 3.58. The van der Waals surface area contributed by atoms with E-state index in [2.05, 4.69) is 5.32 Å². The fraction of sp³-hybridized carbons (Fsp3) is 0.400. The average molecular weight is 209 g/mol. The van der Waals surface area contributed by atoms with Gasteiger partial charge in [0.05, 0.1) is 6.26 Å². The summed E-state index contributed by atoms with van der Waals surface area (Å²) in [4.78, 5) is 22.0. The molecular formula is C10H11NO4. The topological polar surface area (TPSA) is 79.5 Å². The van der Waals surface area contributed by atoms with Crippen molar-refractivity contribution in [2.45, 2.75) is 12.3 Å². The van der Waals surface area contributed by atoms with E-state index in [1.54, 1.807) is 18.4 Å². The molecule has 0 bridgehead atoms. The molecule has 15 heavy (non-hydrogen) atoms. The number of carbonyl (C=O) groups is 2. The molecule has 0 unspecified atom stereocenters. The molecule has 80 valence electrons. The Morgan fingerprint density at radius 1 is 1.60 bits per heavy atom. The van der Waals surface area contributed by atoms with Gasteiger partial charge in [-0.15, -0.1) is 0 Å². The molecule has 1 fully saturated rings. The van der Waals surface area contributed by atoms with Gasteiger partial charge >= 0.3 is 5.97 Å². The molecular weight excluding hydrogens is 198 g/mol. The molecule has 1 aliphatic heterocycles. The van der Waals surface area contributed by atoms with Gasteiger partial charge in [0, 0.05) is 12.5 Å². The van der Waals surface area contributed by atoms with Crippen molar-refractivity contribution in [3.8, 4) is 0 Å². The maximum atomic E-state index is 11.2. The molecule has 1 aliphatic rings. The Labute approximate surface area is 86.1 Å². The number of hydrogen-bond acceptors (Lipinski definition) is 3. The highest BCUT2D eigenvalue weighted by Crippen LogP contribution is 2.27. The zero-order chi connectivity index (χ0) is 10.8. The van der Waals surface area contributed by atoms with Crippen LogP contribution in [-0.4, -0.2) is 23.5 Å². The molecule has 2 heterocycles. The fourth-order valence-corrected chi connectivity index (χ4v) is 1.78. The third-order valence-corrected chi connectivity index (χ3v) is 2.60. The lowest BCUT2D eigenvalue weighted by molar-refractivity contribution is -0.148. The van der Waals surface area contributed by atoms with Gasteiger partial charge in [-0.2, -0.15) is 0 Å². The lowest BCUT2D eigenvalue weighted by Crippen LogP contribution is -2.43. The van der Waals surface area contributed by atoms with Crippen LogP contribution in [0.1, 0.15) is 18.1 Å². The van der Waals surface area contributed by atoms with E-state index in [1.165, 1.54) is 0 Å². The minimum absolute atomic E-state index is 0.0428. The van der Waals surface area contributed by atoms with Crippen LogP contribution in [0.2, 0.25) is 0 Å².